The first-order valence-corrected chi connectivity index (χ1v) is 4.82. The van der Waals surface area contributed by atoms with Crippen molar-refractivity contribution in [2.24, 2.45) is 0 Å². The van der Waals surface area contributed by atoms with Crippen molar-refractivity contribution >= 4 is 11.3 Å². The van der Waals surface area contributed by atoms with Gasteiger partial charge in [-0.1, -0.05) is 11.8 Å². The van der Waals surface area contributed by atoms with Gasteiger partial charge in [0.1, 0.15) is 5.60 Å². The lowest BCUT2D eigenvalue weighted by molar-refractivity contribution is 0.212. The fourth-order valence-corrected chi connectivity index (χ4v) is 1.64. The Morgan fingerprint density at radius 1 is 1.50 bits per heavy atom. The second-order valence-electron chi connectivity index (χ2n) is 3.19. The van der Waals surface area contributed by atoms with Crippen LogP contribution < -0.4 is 0 Å². The molecule has 0 spiro atoms. The largest absolute Gasteiger partial charge is 0.378 e. The summed E-state index contributed by atoms with van der Waals surface area (Å²) in [6.07, 6.45) is 1.68. The molecule has 1 aromatic heterocycles. The third-order valence-corrected chi connectivity index (χ3v) is 2.80. The predicted molar refractivity (Wildman–Crippen MR) is 50.1 cm³/mol. The summed E-state index contributed by atoms with van der Waals surface area (Å²) in [5, 5.41) is 9.43. The van der Waals surface area contributed by atoms with Crippen LogP contribution in [-0.2, 0) is 0 Å². The van der Waals surface area contributed by atoms with E-state index >= 15 is 0 Å². The molecule has 1 fully saturated rings. The van der Waals surface area contributed by atoms with Gasteiger partial charge < -0.3 is 5.11 Å². The zero-order valence-corrected chi connectivity index (χ0v) is 7.74. The van der Waals surface area contributed by atoms with E-state index in [1.54, 1.807) is 11.3 Å². The van der Waals surface area contributed by atoms with Gasteiger partial charge in [-0.15, -0.1) is 11.3 Å². The molecular formula is C10H10OS. The molecule has 1 aliphatic rings. The molecule has 0 saturated heterocycles. The number of aryl methyl sites for hydroxylation is 1. The van der Waals surface area contributed by atoms with Crippen LogP contribution in [-0.4, -0.2) is 10.7 Å². The Balaban J connectivity index is 2.15. The molecule has 62 valence electrons. The van der Waals surface area contributed by atoms with Crippen molar-refractivity contribution in [2.75, 3.05) is 0 Å². The SMILES string of the molecule is Cc1ccc(C#CC2(O)CC2)s1. The zero-order valence-electron chi connectivity index (χ0n) is 6.92. The lowest BCUT2D eigenvalue weighted by Gasteiger charge is -1.90. The molecule has 1 nitrogen and oxygen atoms in total. The topological polar surface area (TPSA) is 20.2 Å². The Kier molecular flexibility index (Phi) is 1.71. The van der Waals surface area contributed by atoms with E-state index in [0.29, 0.717) is 0 Å². The summed E-state index contributed by atoms with van der Waals surface area (Å²) in [5.41, 5.74) is -0.641. The number of aliphatic hydroxyl groups is 1. The van der Waals surface area contributed by atoms with Crippen LogP contribution >= 0.6 is 11.3 Å². The third-order valence-electron chi connectivity index (χ3n) is 1.88. The van der Waals surface area contributed by atoms with E-state index in [1.807, 2.05) is 12.1 Å². The van der Waals surface area contributed by atoms with Crippen molar-refractivity contribution in [3.05, 3.63) is 21.9 Å². The first-order valence-electron chi connectivity index (χ1n) is 4.00. The van der Waals surface area contributed by atoms with E-state index in [-0.39, 0.29) is 0 Å². The molecule has 0 amide bonds. The van der Waals surface area contributed by atoms with E-state index in [1.165, 1.54) is 4.88 Å². The molecule has 1 aliphatic carbocycles. The van der Waals surface area contributed by atoms with Crippen LogP contribution in [0, 0.1) is 18.8 Å². The van der Waals surface area contributed by atoms with E-state index in [0.717, 1.165) is 17.7 Å². The number of hydrogen-bond donors (Lipinski definition) is 1. The Morgan fingerprint density at radius 3 is 2.75 bits per heavy atom. The summed E-state index contributed by atoms with van der Waals surface area (Å²) in [4.78, 5) is 2.31. The normalized spacial score (nSPS) is 18.2. The van der Waals surface area contributed by atoms with Crippen LogP contribution in [0.15, 0.2) is 12.1 Å². The van der Waals surface area contributed by atoms with E-state index in [4.69, 9.17) is 0 Å². The number of hydrogen-bond acceptors (Lipinski definition) is 2. The molecule has 0 bridgehead atoms. The smallest absolute Gasteiger partial charge is 0.126 e. The van der Waals surface area contributed by atoms with Crippen molar-refractivity contribution in [3.63, 3.8) is 0 Å². The third kappa shape index (κ3) is 1.69. The second-order valence-corrected chi connectivity index (χ2v) is 4.48. The van der Waals surface area contributed by atoms with Gasteiger partial charge in [-0.3, -0.25) is 0 Å². The monoisotopic (exact) mass is 178 g/mol. The average Bonchev–Trinajstić information content (AvgIpc) is 2.60. The minimum atomic E-state index is -0.641. The van der Waals surface area contributed by atoms with Crippen molar-refractivity contribution in [1.29, 1.82) is 0 Å². The molecule has 1 N–H and O–H groups in total. The first kappa shape index (κ1) is 7.85. The Morgan fingerprint density at radius 2 is 2.25 bits per heavy atom. The van der Waals surface area contributed by atoms with Crippen molar-refractivity contribution in [3.8, 4) is 11.8 Å². The minimum absolute atomic E-state index is 0.641. The maximum absolute atomic E-state index is 9.43. The van der Waals surface area contributed by atoms with Crippen LogP contribution in [0.4, 0.5) is 0 Å². The molecule has 0 atom stereocenters. The average molecular weight is 178 g/mol. The number of thiophene rings is 1. The van der Waals surface area contributed by atoms with Gasteiger partial charge in [-0.05, 0) is 31.9 Å². The second kappa shape index (κ2) is 2.62. The quantitative estimate of drug-likeness (QED) is 0.602. The summed E-state index contributed by atoms with van der Waals surface area (Å²) < 4.78 is 0. The van der Waals surface area contributed by atoms with E-state index in [2.05, 4.69) is 18.8 Å². The van der Waals surface area contributed by atoms with E-state index < -0.39 is 5.60 Å². The molecule has 0 radical (unpaired) electrons. The highest BCUT2D eigenvalue weighted by atomic mass is 32.1. The Hall–Kier alpha value is -0.780. The summed E-state index contributed by atoms with van der Waals surface area (Å²) >= 11 is 1.67. The van der Waals surface area contributed by atoms with Gasteiger partial charge in [-0.25, -0.2) is 0 Å². The fourth-order valence-electron chi connectivity index (χ4n) is 0.923. The molecule has 2 heteroatoms. The van der Waals surface area contributed by atoms with Gasteiger partial charge in [0.2, 0.25) is 0 Å². The lowest BCUT2D eigenvalue weighted by Crippen LogP contribution is -2.00. The first-order chi connectivity index (χ1) is 5.68. The van der Waals surface area contributed by atoms with Gasteiger partial charge in [-0.2, -0.15) is 0 Å². The molecule has 1 saturated carbocycles. The minimum Gasteiger partial charge on any atom is -0.378 e. The highest BCUT2D eigenvalue weighted by Gasteiger charge is 2.38. The van der Waals surface area contributed by atoms with Gasteiger partial charge in [0.25, 0.3) is 0 Å². The molecule has 1 aromatic rings. The number of rotatable bonds is 0. The molecule has 0 aliphatic heterocycles. The maximum atomic E-state index is 9.43. The van der Waals surface area contributed by atoms with Crippen LogP contribution in [0.1, 0.15) is 22.6 Å². The fraction of sp³-hybridized carbons (Fsp3) is 0.400. The molecule has 1 heterocycles. The van der Waals surface area contributed by atoms with Gasteiger partial charge in [0.05, 0.1) is 4.88 Å². The molecule has 2 rings (SSSR count). The van der Waals surface area contributed by atoms with Gasteiger partial charge in [0, 0.05) is 4.88 Å². The Bertz CT molecular complexity index is 349. The Labute approximate surface area is 76.0 Å². The van der Waals surface area contributed by atoms with Gasteiger partial charge in [0.15, 0.2) is 0 Å². The molecular weight excluding hydrogens is 168 g/mol. The summed E-state index contributed by atoms with van der Waals surface area (Å²) in [6, 6.07) is 4.05. The standard InChI is InChI=1S/C10H10OS/c1-8-2-3-9(12-8)4-5-10(11)6-7-10/h2-3,11H,6-7H2,1H3. The van der Waals surface area contributed by atoms with Crippen LogP contribution in [0.3, 0.4) is 0 Å². The molecule has 0 unspecified atom stereocenters. The maximum Gasteiger partial charge on any atom is 0.126 e. The van der Waals surface area contributed by atoms with E-state index in [9.17, 15) is 5.11 Å². The van der Waals surface area contributed by atoms with Crippen molar-refractivity contribution in [1.82, 2.24) is 0 Å². The van der Waals surface area contributed by atoms with Crippen molar-refractivity contribution in [2.45, 2.75) is 25.4 Å². The van der Waals surface area contributed by atoms with Crippen LogP contribution in [0.5, 0.6) is 0 Å². The predicted octanol–water partition coefficient (Wildman–Crippen LogP) is 1.93. The highest BCUT2D eigenvalue weighted by Crippen LogP contribution is 2.34. The van der Waals surface area contributed by atoms with Crippen molar-refractivity contribution < 1.29 is 5.11 Å². The van der Waals surface area contributed by atoms with Gasteiger partial charge >= 0.3 is 0 Å². The van der Waals surface area contributed by atoms with Crippen LogP contribution in [0.25, 0.3) is 0 Å². The lowest BCUT2D eigenvalue weighted by atomic mass is 10.3. The zero-order chi connectivity index (χ0) is 8.60. The summed E-state index contributed by atoms with van der Waals surface area (Å²) in [6.45, 7) is 2.06. The summed E-state index contributed by atoms with van der Waals surface area (Å²) in [5.74, 6) is 5.86. The highest BCUT2D eigenvalue weighted by molar-refractivity contribution is 7.12. The summed E-state index contributed by atoms with van der Waals surface area (Å²) in [7, 11) is 0. The molecule has 12 heavy (non-hydrogen) atoms. The van der Waals surface area contributed by atoms with Crippen LogP contribution in [0.2, 0.25) is 0 Å². The molecule has 0 aromatic carbocycles.